The largest absolute Gasteiger partial charge is 0.337 e. The predicted octanol–water partition coefficient (Wildman–Crippen LogP) is 1.36. The topological polar surface area (TPSA) is 70.7 Å². The van der Waals surface area contributed by atoms with Gasteiger partial charge >= 0.3 is 0 Å². The molecule has 1 aromatic heterocycles. The van der Waals surface area contributed by atoms with Crippen LogP contribution in [0.5, 0.6) is 0 Å². The van der Waals surface area contributed by atoms with Gasteiger partial charge in [-0.1, -0.05) is 23.4 Å². The highest BCUT2D eigenvalue weighted by Crippen LogP contribution is 2.14. The number of H-pyrrole nitrogens is 1. The highest BCUT2D eigenvalue weighted by molar-refractivity contribution is 5.81. The minimum absolute atomic E-state index is 0.342. The number of nitrogens with zero attached hydrogens (tertiary/aromatic N) is 2. The molecule has 0 saturated heterocycles. The van der Waals surface area contributed by atoms with Gasteiger partial charge in [0.2, 0.25) is 0 Å². The number of benzene rings is 1. The van der Waals surface area contributed by atoms with Crippen molar-refractivity contribution in [2.75, 3.05) is 5.32 Å². The summed E-state index contributed by atoms with van der Waals surface area (Å²) < 4.78 is 0. The van der Waals surface area contributed by atoms with Crippen molar-refractivity contribution in [1.82, 2.24) is 15.4 Å². The molecule has 2 aromatic rings. The first-order chi connectivity index (χ1) is 6.90. The maximum atomic E-state index is 10.5. The van der Waals surface area contributed by atoms with E-state index in [2.05, 4.69) is 20.7 Å². The molecule has 1 aromatic carbocycles. The van der Waals surface area contributed by atoms with Gasteiger partial charge in [0.25, 0.3) is 0 Å². The Hall–Kier alpha value is -2.17. The van der Waals surface area contributed by atoms with Crippen LogP contribution in [0.2, 0.25) is 0 Å². The molecule has 1 heterocycles. The first kappa shape index (κ1) is 8.43. The summed E-state index contributed by atoms with van der Waals surface area (Å²) in [4.78, 5) is 10.5. The van der Waals surface area contributed by atoms with E-state index in [0.717, 1.165) is 5.69 Å². The number of carbonyl (C=O) groups excluding carboxylic acids is 1. The molecule has 2 N–H and O–H groups in total. The first-order valence-electron chi connectivity index (χ1n) is 4.08. The Labute approximate surface area is 80.2 Å². The summed E-state index contributed by atoms with van der Waals surface area (Å²) in [6.07, 6.45) is 0.672. The van der Waals surface area contributed by atoms with Crippen molar-refractivity contribution in [1.29, 1.82) is 0 Å². The van der Waals surface area contributed by atoms with Gasteiger partial charge in [-0.2, -0.15) is 0 Å². The first-order valence-corrected chi connectivity index (χ1v) is 4.08. The number of para-hydroxylation sites is 1. The van der Waals surface area contributed by atoms with Gasteiger partial charge in [0.05, 0.1) is 0 Å². The second kappa shape index (κ2) is 3.69. The van der Waals surface area contributed by atoms with Crippen molar-refractivity contribution in [2.24, 2.45) is 0 Å². The third-order valence-electron chi connectivity index (χ3n) is 1.73. The Morgan fingerprint density at radius 1 is 1.29 bits per heavy atom. The van der Waals surface area contributed by atoms with Crippen molar-refractivity contribution in [3.8, 4) is 0 Å². The van der Waals surface area contributed by atoms with Crippen LogP contribution in [-0.4, -0.2) is 21.7 Å². The number of rotatable bonds is 3. The fraction of sp³-hybridized carbons (Fsp3) is 0. The molecule has 0 aliphatic rings. The van der Waals surface area contributed by atoms with E-state index in [4.69, 9.17) is 0 Å². The van der Waals surface area contributed by atoms with Crippen LogP contribution in [0.3, 0.4) is 0 Å². The molecule has 0 bridgehead atoms. The molecule has 0 spiro atoms. The van der Waals surface area contributed by atoms with Crippen LogP contribution in [-0.2, 0) is 0 Å². The maximum Gasteiger partial charge on any atom is 0.183 e. The van der Waals surface area contributed by atoms with Crippen LogP contribution < -0.4 is 5.32 Å². The van der Waals surface area contributed by atoms with E-state index in [9.17, 15) is 4.79 Å². The summed E-state index contributed by atoms with van der Waals surface area (Å²) in [5, 5.41) is 12.7. The standard InChI is InChI=1S/C9H8N4O/c14-6-8-9(12-13-11-8)10-7-4-2-1-3-5-7/h1-6H,(H2,10,11,12,13). The van der Waals surface area contributed by atoms with E-state index < -0.39 is 0 Å². The summed E-state index contributed by atoms with van der Waals surface area (Å²) in [5.41, 5.74) is 1.21. The lowest BCUT2D eigenvalue weighted by atomic mass is 10.3. The summed E-state index contributed by atoms with van der Waals surface area (Å²) in [6.45, 7) is 0. The SMILES string of the molecule is O=Cc1[nH]nnc1Nc1ccccc1. The summed E-state index contributed by atoms with van der Waals surface area (Å²) in [5.74, 6) is 0.436. The quantitative estimate of drug-likeness (QED) is 0.713. The Balaban J connectivity index is 2.23. The molecule has 0 aliphatic heterocycles. The summed E-state index contributed by atoms with van der Waals surface area (Å²) in [6, 6.07) is 9.45. The van der Waals surface area contributed by atoms with Crippen molar-refractivity contribution in [3.05, 3.63) is 36.0 Å². The molecule has 0 amide bonds. The summed E-state index contributed by atoms with van der Waals surface area (Å²) in [7, 11) is 0. The second-order valence-corrected chi connectivity index (χ2v) is 2.68. The van der Waals surface area contributed by atoms with Crippen LogP contribution in [0.4, 0.5) is 11.5 Å². The lowest BCUT2D eigenvalue weighted by Gasteiger charge is -2.00. The van der Waals surface area contributed by atoms with Crippen molar-refractivity contribution in [3.63, 3.8) is 0 Å². The maximum absolute atomic E-state index is 10.5. The molecule has 0 atom stereocenters. The van der Waals surface area contributed by atoms with Gasteiger partial charge in [0.15, 0.2) is 12.1 Å². The fourth-order valence-electron chi connectivity index (χ4n) is 1.07. The molecule has 14 heavy (non-hydrogen) atoms. The van der Waals surface area contributed by atoms with Gasteiger partial charge in [-0.15, -0.1) is 5.10 Å². The molecule has 0 aliphatic carbocycles. The van der Waals surface area contributed by atoms with Crippen LogP contribution in [0.1, 0.15) is 10.5 Å². The number of aromatic amines is 1. The number of hydrogen-bond donors (Lipinski definition) is 2. The minimum atomic E-state index is 0.342. The molecule has 0 fully saturated rings. The van der Waals surface area contributed by atoms with Gasteiger partial charge < -0.3 is 5.32 Å². The molecule has 5 heteroatoms. The third kappa shape index (κ3) is 1.61. The van der Waals surface area contributed by atoms with E-state index in [1.165, 1.54) is 0 Å². The predicted molar refractivity (Wildman–Crippen MR) is 51.5 cm³/mol. The Morgan fingerprint density at radius 2 is 2.07 bits per heavy atom. The van der Waals surface area contributed by atoms with Gasteiger partial charge in [0.1, 0.15) is 5.69 Å². The molecular formula is C9H8N4O. The number of nitrogens with one attached hydrogen (secondary N) is 2. The fourth-order valence-corrected chi connectivity index (χ4v) is 1.07. The lowest BCUT2D eigenvalue weighted by Crippen LogP contribution is -1.93. The average molecular weight is 188 g/mol. The lowest BCUT2D eigenvalue weighted by molar-refractivity contribution is 0.112. The Bertz CT molecular complexity index is 423. The molecular weight excluding hydrogens is 180 g/mol. The number of aldehydes is 1. The zero-order chi connectivity index (χ0) is 9.80. The monoisotopic (exact) mass is 188 g/mol. The number of anilines is 2. The Morgan fingerprint density at radius 3 is 2.79 bits per heavy atom. The molecule has 5 nitrogen and oxygen atoms in total. The van der Waals surface area contributed by atoms with Crippen molar-refractivity contribution in [2.45, 2.75) is 0 Å². The smallest absolute Gasteiger partial charge is 0.183 e. The second-order valence-electron chi connectivity index (χ2n) is 2.68. The molecule has 0 saturated carbocycles. The minimum Gasteiger partial charge on any atom is -0.337 e. The summed E-state index contributed by atoms with van der Waals surface area (Å²) >= 11 is 0. The molecule has 0 radical (unpaired) electrons. The molecule has 2 rings (SSSR count). The van der Waals surface area contributed by atoms with Crippen LogP contribution in [0, 0.1) is 0 Å². The number of carbonyl (C=O) groups is 1. The number of hydrogen-bond acceptors (Lipinski definition) is 4. The highest BCUT2D eigenvalue weighted by Gasteiger charge is 2.04. The highest BCUT2D eigenvalue weighted by atomic mass is 16.1. The van der Waals surface area contributed by atoms with E-state index >= 15 is 0 Å². The van der Waals surface area contributed by atoms with E-state index in [-0.39, 0.29) is 0 Å². The van der Waals surface area contributed by atoms with Crippen LogP contribution in [0.15, 0.2) is 30.3 Å². The third-order valence-corrected chi connectivity index (χ3v) is 1.73. The normalized spacial score (nSPS) is 9.71. The average Bonchev–Trinajstić information content (AvgIpc) is 2.67. The van der Waals surface area contributed by atoms with E-state index in [0.29, 0.717) is 17.8 Å². The van der Waals surface area contributed by atoms with E-state index in [1.807, 2.05) is 30.3 Å². The van der Waals surface area contributed by atoms with E-state index in [1.54, 1.807) is 0 Å². The number of aromatic nitrogens is 3. The van der Waals surface area contributed by atoms with Crippen molar-refractivity contribution < 1.29 is 4.79 Å². The van der Waals surface area contributed by atoms with Crippen molar-refractivity contribution >= 4 is 17.8 Å². The molecule has 0 unspecified atom stereocenters. The zero-order valence-corrected chi connectivity index (χ0v) is 7.27. The Kier molecular flexibility index (Phi) is 2.22. The van der Waals surface area contributed by atoms with Gasteiger partial charge in [-0.25, -0.2) is 0 Å². The van der Waals surface area contributed by atoms with Gasteiger partial charge in [-0.05, 0) is 12.1 Å². The zero-order valence-electron chi connectivity index (χ0n) is 7.27. The van der Waals surface area contributed by atoms with Gasteiger partial charge in [-0.3, -0.25) is 9.89 Å². The van der Waals surface area contributed by atoms with Crippen LogP contribution >= 0.6 is 0 Å². The van der Waals surface area contributed by atoms with Crippen LogP contribution in [0.25, 0.3) is 0 Å². The van der Waals surface area contributed by atoms with Gasteiger partial charge in [0, 0.05) is 5.69 Å². The molecule has 70 valence electrons.